The fraction of sp³-hybridized carbons (Fsp3) is 0.652. The number of piperidine rings is 1. The number of hydrogen-bond donors (Lipinski definition) is 2. The fourth-order valence-corrected chi connectivity index (χ4v) is 3.49. The minimum atomic E-state index is -0.596. The molecule has 2 rings (SSSR count). The number of nitrogens with zero attached hydrogens (tertiary/aromatic N) is 1. The Kier molecular flexibility index (Phi) is 9.98. The minimum Gasteiger partial charge on any atom is -0.445 e. The van der Waals surface area contributed by atoms with E-state index >= 15 is 0 Å². The highest BCUT2D eigenvalue weighted by atomic mass is 16.5. The van der Waals surface area contributed by atoms with Crippen LogP contribution in [0.4, 0.5) is 4.79 Å². The number of carbonyl (C=O) groups excluding carboxylic acids is 2. The average molecular weight is 404 g/mol. The van der Waals surface area contributed by atoms with Crippen LogP contribution >= 0.6 is 0 Å². The third-order valence-corrected chi connectivity index (χ3v) is 5.51. The number of likely N-dealkylation sites (tertiary alicyclic amines) is 1. The van der Waals surface area contributed by atoms with Gasteiger partial charge in [0.25, 0.3) is 0 Å². The molecule has 0 aliphatic carbocycles. The zero-order chi connectivity index (χ0) is 21.1. The first-order chi connectivity index (χ1) is 14.0. The van der Waals surface area contributed by atoms with Crippen LogP contribution in [0.1, 0.15) is 52.0 Å². The summed E-state index contributed by atoms with van der Waals surface area (Å²) in [5.74, 6) is 0.684. The van der Waals surface area contributed by atoms with Gasteiger partial charge in [-0.1, -0.05) is 51.1 Å². The monoisotopic (exact) mass is 403 g/mol. The van der Waals surface area contributed by atoms with E-state index < -0.39 is 12.1 Å². The molecule has 1 saturated heterocycles. The number of hydrogen-bond acceptors (Lipinski definition) is 4. The minimum absolute atomic E-state index is 0.0189. The molecule has 1 aromatic carbocycles. The molecule has 6 nitrogen and oxygen atoms in total. The van der Waals surface area contributed by atoms with Gasteiger partial charge in [-0.15, -0.1) is 0 Å². The van der Waals surface area contributed by atoms with Crippen molar-refractivity contribution < 1.29 is 14.3 Å². The Morgan fingerprint density at radius 1 is 1.14 bits per heavy atom. The van der Waals surface area contributed by atoms with Crippen molar-refractivity contribution >= 4 is 12.0 Å². The highest BCUT2D eigenvalue weighted by Crippen LogP contribution is 2.16. The molecule has 1 atom stereocenters. The number of nitrogens with one attached hydrogen (secondary N) is 2. The molecule has 1 aliphatic rings. The van der Waals surface area contributed by atoms with Crippen LogP contribution in [0.25, 0.3) is 0 Å². The summed E-state index contributed by atoms with van der Waals surface area (Å²) in [5.41, 5.74) is 0.913. The normalized spacial score (nSPS) is 16.4. The van der Waals surface area contributed by atoms with Crippen LogP contribution in [0.15, 0.2) is 30.3 Å². The predicted molar refractivity (Wildman–Crippen MR) is 115 cm³/mol. The molecular formula is C23H37N3O3. The molecule has 1 fully saturated rings. The van der Waals surface area contributed by atoms with Crippen LogP contribution in [0.3, 0.4) is 0 Å². The lowest BCUT2D eigenvalue weighted by atomic mass is 9.99. The molecule has 0 unspecified atom stereocenters. The van der Waals surface area contributed by atoms with E-state index in [2.05, 4.69) is 22.5 Å². The number of benzene rings is 1. The highest BCUT2D eigenvalue weighted by Gasteiger charge is 2.24. The SMILES string of the molecule is CC1CCN(CCCCNC(=O)[C@@H](NC(=O)OCc2ccccc2)C(C)C)CC1. The molecule has 1 heterocycles. The number of alkyl carbamates (subject to hydrolysis) is 1. The van der Waals surface area contributed by atoms with Gasteiger partial charge in [-0.25, -0.2) is 4.79 Å². The van der Waals surface area contributed by atoms with Crippen LogP contribution in [-0.2, 0) is 16.1 Å². The summed E-state index contributed by atoms with van der Waals surface area (Å²) >= 11 is 0. The van der Waals surface area contributed by atoms with Crippen molar-refractivity contribution in [3.8, 4) is 0 Å². The first kappa shape index (κ1) is 23.2. The van der Waals surface area contributed by atoms with Crippen LogP contribution in [-0.4, -0.2) is 49.1 Å². The lowest BCUT2D eigenvalue weighted by molar-refractivity contribution is -0.124. The Balaban J connectivity index is 1.64. The van der Waals surface area contributed by atoms with Gasteiger partial charge in [0.2, 0.25) is 5.91 Å². The zero-order valence-corrected chi connectivity index (χ0v) is 18.2. The molecule has 0 saturated carbocycles. The largest absolute Gasteiger partial charge is 0.445 e. The van der Waals surface area contributed by atoms with Gasteiger partial charge in [-0.3, -0.25) is 4.79 Å². The maximum absolute atomic E-state index is 12.5. The van der Waals surface area contributed by atoms with Gasteiger partial charge in [0.1, 0.15) is 12.6 Å². The van der Waals surface area contributed by atoms with Gasteiger partial charge in [0.15, 0.2) is 0 Å². The van der Waals surface area contributed by atoms with Crippen molar-refractivity contribution in [3.05, 3.63) is 35.9 Å². The molecule has 2 N–H and O–H groups in total. The van der Waals surface area contributed by atoms with E-state index in [1.165, 1.54) is 25.9 Å². The predicted octanol–water partition coefficient (Wildman–Crippen LogP) is 3.57. The molecule has 0 spiro atoms. The van der Waals surface area contributed by atoms with Crippen molar-refractivity contribution in [2.75, 3.05) is 26.2 Å². The maximum Gasteiger partial charge on any atom is 0.408 e. The second-order valence-corrected chi connectivity index (χ2v) is 8.45. The van der Waals surface area contributed by atoms with E-state index in [-0.39, 0.29) is 18.4 Å². The zero-order valence-electron chi connectivity index (χ0n) is 18.2. The van der Waals surface area contributed by atoms with E-state index in [1.807, 2.05) is 44.2 Å². The van der Waals surface area contributed by atoms with Gasteiger partial charge in [0.05, 0.1) is 0 Å². The summed E-state index contributed by atoms with van der Waals surface area (Å²) in [4.78, 5) is 27.1. The van der Waals surface area contributed by atoms with Gasteiger partial charge in [0, 0.05) is 6.54 Å². The Hall–Kier alpha value is -2.08. The van der Waals surface area contributed by atoms with E-state index in [1.54, 1.807) is 0 Å². The van der Waals surface area contributed by atoms with Crippen molar-refractivity contribution in [1.29, 1.82) is 0 Å². The van der Waals surface area contributed by atoms with Gasteiger partial charge in [-0.05, 0) is 62.7 Å². The lowest BCUT2D eigenvalue weighted by Gasteiger charge is -2.30. The molecule has 162 valence electrons. The Labute approximate surface area is 175 Å². The molecule has 6 heteroatoms. The summed E-state index contributed by atoms with van der Waals surface area (Å²) in [6.45, 7) is 10.5. The Morgan fingerprint density at radius 3 is 2.48 bits per heavy atom. The number of amides is 2. The first-order valence-electron chi connectivity index (χ1n) is 10.9. The van der Waals surface area contributed by atoms with Crippen molar-refractivity contribution in [1.82, 2.24) is 15.5 Å². The maximum atomic E-state index is 12.5. The highest BCUT2D eigenvalue weighted by molar-refractivity contribution is 5.85. The second-order valence-electron chi connectivity index (χ2n) is 8.45. The standard InChI is InChI=1S/C23H37N3O3/c1-18(2)21(25-23(28)29-17-20-9-5-4-6-10-20)22(27)24-13-7-8-14-26-15-11-19(3)12-16-26/h4-6,9-10,18-19,21H,7-8,11-17H2,1-3H3,(H,24,27)(H,25,28)/t21-/m0/s1. The summed E-state index contributed by atoms with van der Waals surface area (Å²) < 4.78 is 5.24. The Morgan fingerprint density at radius 2 is 1.83 bits per heavy atom. The number of carbonyl (C=O) groups is 2. The van der Waals surface area contributed by atoms with Crippen LogP contribution in [0, 0.1) is 11.8 Å². The summed E-state index contributed by atoms with van der Waals surface area (Å²) in [6.07, 6.45) is 4.04. The average Bonchev–Trinajstić information content (AvgIpc) is 2.72. The van der Waals surface area contributed by atoms with E-state index in [0.717, 1.165) is 30.9 Å². The molecule has 0 bridgehead atoms. The molecule has 1 aromatic rings. The second kappa shape index (κ2) is 12.5. The smallest absolute Gasteiger partial charge is 0.408 e. The van der Waals surface area contributed by atoms with E-state index in [9.17, 15) is 9.59 Å². The van der Waals surface area contributed by atoms with Gasteiger partial charge < -0.3 is 20.3 Å². The molecule has 2 amide bonds. The van der Waals surface area contributed by atoms with Gasteiger partial charge in [-0.2, -0.15) is 0 Å². The third-order valence-electron chi connectivity index (χ3n) is 5.51. The van der Waals surface area contributed by atoms with Crippen LogP contribution < -0.4 is 10.6 Å². The van der Waals surface area contributed by atoms with Crippen molar-refractivity contribution in [2.45, 2.75) is 59.1 Å². The molecule has 0 radical (unpaired) electrons. The van der Waals surface area contributed by atoms with Crippen molar-refractivity contribution in [2.24, 2.45) is 11.8 Å². The number of rotatable bonds is 10. The molecule has 1 aliphatic heterocycles. The van der Waals surface area contributed by atoms with E-state index in [4.69, 9.17) is 4.74 Å². The number of ether oxygens (including phenoxy) is 1. The first-order valence-corrected chi connectivity index (χ1v) is 10.9. The summed E-state index contributed by atoms with van der Waals surface area (Å²) in [7, 11) is 0. The van der Waals surface area contributed by atoms with E-state index in [0.29, 0.717) is 6.54 Å². The molecule has 0 aromatic heterocycles. The summed E-state index contributed by atoms with van der Waals surface area (Å²) in [6, 6.07) is 8.89. The van der Waals surface area contributed by atoms with Crippen LogP contribution in [0.5, 0.6) is 0 Å². The van der Waals surface area contributed by atoms with Gasteiger partial charge >= 0.3 is 6.09 Å². The van der Waals surface area contributed by atoms with Crippen molar-refractivity contribution in [3.63, 3.8) is 0 Å². The fourth-order valence-electron chi connectivity index (χ4n) is 3.49. The van der Waals surface area contributed by atoms with Crippen LogP contribution in [0.2, 0.25) is 0 Å². The Bertz CT molecular complexity index is 613. The molecule has 29 heavy (non-hydrogen) atoms. The number of unbranched alkanes of at least 4 members (excludes halogenated alkanes) is 1. The lowest BCUT2D eigenvalue weighted by Crippen LogP contribution is -2.50. The molecular weight excluding hydrogens is 366 g/mol. The summed E-state index contributed by atoms with van der Waals surface area (Å²) in [5, 5.41) is 5.66. The quantitative estimate of drug-likeness (QED) is 0.586. The third kappa shape index (κ3) is 8.86. The topological polar surface area (TPSA) is 70.7 Å².